The van der Waals surface area contributed by atoms with Crippen molar-refractivity contribution in [1.29, 1.82) is 0 Å². The highest BCUT2D eigenvalue weighted by molar-refractivity contribution is 7.09. The molecule has 0 bridgehead atoms. The zero-order chi connectivity index (χ0) is 24.3. The van der Waals surface area contributed by atoms with Crippen molar-refractivity contribution in [3.8, 4) is 11.3 Å². The van der Waals surface area contributed by atoms with Gasteiger partial charge >= 0.3 is 0 Å². The maximum absolute atomic E-state index is 4.67. The Kier molecular flexibility index (Phi) is 6.90. The molecule has 2 fully saturated rings. The van der Waals surface area contributed by atoms with Crippen molar-refractivity contribution in [1.82, 2.24) is 35.0 Å². The normalized spacial score (nSPS) is 18.6. The molecule has 2 aliphatic rings. The van der Waals surface area contributed by atoms with Gasteiger partial charge in [-0.05, 0) is 54.3 Å². The van der Waals surface area contributed by atoms with Gasteiger partial charge in [0, 0.05) is 36.6 Å². The molecule has 0 radical (unpaired) electrons. The monoisotopic (exact) mass is 499 g/mol. The molecule has 2 aromatic heterocycles. The van der Waals surface area contributed by atoms with Crippen molar-refractivity contribution in [3.05, 3.63) is 81.9 Å². The van der Waals surface area contributed by atoms with Gasteiger partial charge in [0.15, 0.2) is 5.82 Å². The first kappa shape index (κ1) is 23.5. The molecule has 1 atom stereocenters. The summed E-state index contributed by atoms with van der Waals surface area (Å²) in [5, 5.41) is 16.4. The first-order valence-corrected chi connectivity index (χ1v) is 13.9. The summed E-state index contributed by atoms with van der Waals surface area (Å²) in [7, 11) is 0. The highest BCUT2D eigenvalue weighted by atomic mass is 32.1. The summed E-state index contributed by atoms with van der Waals surface area (Å²) in [6.07, 6.45) is 5.27. The fourth-order valence-corrected chi connectivity index (χ4v) is 6.09. The molecule has 1 aliphatic heterocycles. The van der Waals surface area contributed by atoms with Crippen LogP contribution in [0.25, 0.3) is 11.3 Å². The highest BCUT2D eigenvalue weighted by Gasteiger charge is 2.32. The molecule has 4 aromatic rings. The van der Waals surface area contributed by atoms with Crippen LogP contribution in [0.15, 0.2) is 60.0 Å². The lowest BCUT2D eigenvalue weighted by Gasteiger charge is -2.37. The number of nitrogens with zero attached hydrogens (tertiary/aromatic N) is 7. The summed E-state index contributed by atoms with van der Waals surface area (Å²) in [6.45, 7) is 7.07. The van der Waals surface area contributed by atoms with Gasteiger partial charge in [-0.15, -0.1) is 16.4 Å². The van der Waals surface area contributed by atoms with E-state index in [2.05, 4.69) is 91.1 Å². The summed E-state index contributed by atoms with van der Waals surface area (Å²) in [6, 6.07) is 20.1. The molecule has 6 rings (SSSR count). The first-order chi connectivity index (χ1) is 17.7. The Bertz CT molecular complexity index is 1260. The van der Waals surface area contributed by atoms with E-state index in [1.54, 1.807) is 11.3 Å². The van der Waals surface area contributed by atoms with E-state index >= 15 is 0 Å². The second-order valence-electron chi connectivity index (χ2n) is 9.97. The van der Waals surface area contributed by atoms with E-state index < -0.39 is 0 Å². The van der Waals surface area contributed by atoms with Gasteiger partial charge in [0.05, 0.1) is 23.3 Å². The molecule has 1 saturated heterocycles. The van der Waals surface area contributed by atoms with E-state index in [0.29, 0.717) is 6.54 Å². The summed E-state index contributed by atoms with van der Waals surface area (Å²) in [5.74, 6) is 0.910. The molecule has 7 nitrogen and oxygen atoms in total. The number of aromatic nitrogens is 5. The number of tetrazole rings is 1. The van der Waals surface area contributed by atoms with E-state index in [-0.39, 0.29) is 6.04 Å². The van der Waals surface area contributed by atoms with E-state index in [1.165, 1.54) is 43.4 Å². The smallest absolute Gasteiger partial charge is 0.173 e. The van der Waals surface area contributed by atoms with Crippen molar-refractivity contribution in [2.75, 3.05) is 26.2 Å². The lowest BCUT2D eigenvalue weighted by molar-refractivity contribution is 0.127. The van der Waals surface area contributed by atoms with Gasteiger partial charge in [0.1, 0.15) is 0 Å². The van der Waals surface area contributed by atoms with Crippen molar-refractivity contribution < 1.29 is 0 Å². The summed E-state index contributed by atoms with van der Waals surface area (Å²) >= 11 is 1.69. The molecule has 1 unspecified atom stereocenters. The Morgan fingerprint density at radius 1 is 0.944 bits per heavy atom. The average Bonchev–Trinajstić information content (AvgIpc) is 3.44. The van der Waals surface area contributed by atoms with Gasteiger partial charge in [-0.3, -0.25) is 9.80 Å². The summed E-state index contributed by atoms with van der Waals surface area (Å²) < 4.78 is 1.98. The minimum Gasteiger partial charge on any atom is -0.299 e. The van der Waals surface area contributed by atoms with Gasteiger partial charge in [-0.2, -0.15) is 0 Å². The number of hydrogen-bond acceptors (Lipinski definition) is 7. The van der Waals surface area contributed by atoms with E-state index in [0.717, 1.165) is 47.8 Å². The molecular formula is C28H33N7S. The first-order valence-electron chi connectivity index (χ1n) is 13.0. The number of hydrogen-bond donors (Lipinski definition) is 0. The third kappa shape index (κ3) is 4.98. The second kappa shape index (κ2) is 10.6. The number of aryl methyl sites for hydroxylation is 1. The molecule has 2 aromatic carbocycles. The highest BCUT2D eigenvalue weighted by Crippen LogP contribution is 2.32. The van der Waals surface area contributed by atoms with Gasteiger partial charge in [-0.1, -0.05) is 61.0 Å². The molecule has 36 heavy (non-hydrogen) atoms. The van der Waals surface area contributed by atoms with Crippen LogP contribution >= 0.6 is 11.3 Å². The molecule has 0 amide bonds. The fourth-order valence-electron chi connectivity index (χ4n) is 5.46. The van der Waals surface area contributed by atoms with Crippen LogP contribution in [0.3, 0.4) is 0 Å². The predicted molar refractivity (Wildman–Crippen MR) is 143 cm³/mol. The topological polar surface area (TPSA) is 63.0 Å². The maximum Gasteiger partial charge on any atom is 0.173 e. The summed E-state index contributed by atoms with van der Waals surface area (Å²) in [4.78, 5) is 9.97. The lowest BCUT2D eigenvalue weighted by Crippen LogP contribution is -2.42. The molecule has 3 heterocycles. The van der Waals surface area contributed by atoms with Crippen LogP contribution in [-0.2, 0) is 6.54 Å². The molecule has 0 N–H and O–H groups in total. The van der Waals surface area contributed by atoms with Gasteiger partial charge < -0.3 is 0 Å². The quantitative estimate of drug-likeness (QED) is 0.364. The Hall–Kier alpha value is -2.94. The molecule has 1 saturated carbocycles. The Morgan fingerprint density at radius 3 is 2.50 bits per heavy atom. The fraction of sp³-hybridized carbons (Fsp3) is 0.429. The van der Waals surface area contributed by atoms with Crippen LogP contribution in [-0.4, -0.2) is 67.2 Å². The zero-order valence-electron chi connectivity index (χ0n) is 20.8. The van der Waals surface area contributed by atoms with E-state index in [1.807, 2.05) is 10.7 Å². The molecule has 0 spiro atoms. The third-order valence-electron chi connectivity index (χ3n) is 7.64. The second-order valence-corrected chi connectivity index (χ2v) is 11.0. The number of rotatable bonds is 7. The number of thiazole rings is 1. The minimum atomic E-state index is 0.0104. The average molecular weight is 500 g/mol. The minimum absolute atomic E-state index is 0.0104. The van der Waals surface area contributed by atoms with Gasteiger partial charge in [0.2, 0.25) is 0 Å². The van der Waals surface area contributed by atoms with Crippen LogP contribution in [0, 0.1) is 6.92 Å². The van der Waals surface area contributed by atoms with E-state index in [9.17, 15) is 0 Å². The van der Waals surface area contributed by atoms with Crippen LogP contribution in [0.1, 0.15) is 53.7 Å². The van der Waals surface area contributed by atoms with Crippen molar-refractivity contribution in [2.24, 2.45) is 0 Å². The SMILES string of the molecule is Cc1nc(-c2ccc(C(c3nnnn3Cc3ccccc3)N3CCCN(C4CCC4)CC3)cc2)cs1. The van der Waals surface area contributed by atoms with Crippen molar-refractivity contribution >= 4 is 11.3 Å². The van der Waals surface area contributed by atoms with Crippen LogP contribution in [0.2, 0.25) is 0 Å². The van der Waals surface area contributed by atoms with Gasteiger partial charge in [0.25, 0.3) is 0 Å². The van der Waals surface area contributed by atoms with Crippen LogP contribution in [0.4, 0.5) is 0 Å². The maximum atomic E-state index is 4.67. The summed E-state index contributed by atoms with van der Waals surface area (Å²) in [5.41, 5.74) is 4.62. The van der Waals surface area contributed by atoms with Gasteiger partial charge in [-0.25, -0.2) is 9.67 Å². The third-order valence-corrected chi connectivity index (χ3v) is 8.42. The molecule has 186 valence electrons. The van der Waals surface area contributed by atoms with Crippen molar-refractivity contribution in [3.63, 3.8) is 0 Å². The molecule has 1 aliphatic carbocycles. The lowest BCUT2D eigenvalue weighted by atomic mass is 9.91. The van der Waals surface area contributed by atoms with Crippen LogP contribution in [0.5, 0.6) is 0 Å². The predicted octanol–water partition coefficient (Wildman–Crippen LogP) is 4.80. The zero-order valence-corrected chi connectivity index (χ0v) is 21.6. The van der Waals surface area contributed by atoms with E-state index in [4.69, 9.17) is 0 Å². The molecular weight excluding hydrogens is 466 g/mol. The standard InChI is InChI=1S/C28H33N7S/c1-21-29-26(20-36-21)23-11-13-24(14-12-23)27(34-16-6-15-33(17-18-34)25-9-5-10-25)28-30-31-32-35(28)19-22-7-3-2-4-8-22/h2-4,7-8,11-14,20,25,27H,5-6,9-10,15-19H2,1H3. The van der Waals surface area contributed by atoms with Crippen LogP contribution < -0.4 is 0 Å². The largest absolute Gasteiger partial charge is 0.299 e. The molecule has 8 heteroatoms. The van der Waals surface area contributed by atoms with Crippen molar-refractivity contribution in [2.45, 2.75) is 51.2 Å². The Balaban J connectivity index is 1.32. The Morgan fingerprint density at radius 2 is 1.78 bits per heavy atom. The Labute approximate surface area is 216 Å². The number of benzene rings is 2.